The average molecular weight is 376 g/mol. The quantitative estimate of drug-likeness (QED) is 0.840. The fourth-order valence-corrected chi connectivity index (χ4v) is 4.32. The van der Waals surface area contributed by atoms with Gasteiger partial charge in [-0.3, -0.25) is 4.79 Å². The van der Waals surface area contributed by atoms with E-state index in [1.165, 1.54) is 4.31 Å². The normalized spacial score (nSPS) is 18.6. The van der Waals surface area contributed by atoms with E-state index < -0.39 is 10.0 Å². The van der Waals surface area contributed by atoms with E-state index in [-0.39, 0.29) is 24.1 Å². The van der Waals surface area contributed by atoms with Crippen molar-refractivity contribution in [3.05, 3.63) is 48.2 Å². The van der Waals surface area contributed by atoms with Crippen LogP contribution in [0.1, 0.15) is 25.5 Å². The Labute approximate surface area is 154 Å². The molecule has 1 N–H and O–H groups in total. The van der Waals surface area contributed by atoms with Crippen molar-refractivity contribution in [3.63, 3.8) is 0 Å². The standard InChI is InChI=1S/C19H24N2O4S/c1-2-26(23,24)21-12-6-9-16(14-21)19(22)20-13-17-10-11-18(25-17)15-7-4-3-5-8-15/h3-5,7-8,10-11,16H,2,6,9,12-14H2,1H3,(H,20,22)/t16-/m1/s1. The molecule has 1 saturated heterocycles. The summed E-state index contributed by atoms with van der Waals surface area (Å²) in [5.74, 6) is 1.06. The van der Waals surface area contributed by atoms with Crippen LogP contribution in [0, 0.1) is 5.92 Å². The number of nitrogens with one attached hydrogen (secondary N) is 1. The largest absolute Gasteiger partial charge is 0.459 e. The van der Waals surface area contributed by atoms with E-state index >= 15 is 0 Å². The molecule has 1 atom stereocenters. The zero-order valence-electron chi connectivity index (χ0n) is 14.8. The molecular weight excluding hydrogens is 352 g/mol. The van der Waals surface area contributed by atoms with E-state index in [0.717, 1.165) is 11.3 Å². The fraction of sp³-hybridized carbons (Fsp3) is 0.421. The second-order valence-corrected chi connectivity index (χ2v) is 8.71. The van der Waals surface area contributed by atoms with Crippen LogP contribution in [0.4, 0.5) is 0 Å². The Balaban J connectivity index is 1.57. The van der Waals surface area contributed by atoms with Crippen LogP contribution in [-0.2, 0) is 21.4 Å². The minimum atomic E-state index is -3.25. The number of piperidine rings is 1. The van der Waals surface area contributed by atoms with Gasteiger partial charge >= 0.3 is 0 Å². The number of amides is 1. The van der Waals surface area contributed by atoms with E-state index in [2.05, 4.69) is 5.32 Å². The van der Waals surface area contributed by atoms with Crippen molar-refractivity contribution in [2.75, 3.05) is 18.8 Å². The second kappa shape index (κ2) is 8.05. The molecule has 140 valence electrons. The lowest BCUT2D eigenvalue weighted by Gasteiger charge is -2.30. The summed E-state index contributed by atoms with van der Waals surface area (Å²) in [4.78, 5) is 12.4. The van der Waals surface area contributed by atoms with E-state index in [0.29, 0.717) is 31.7 Å². The van der Waals surface area contributed by atoms with Crippen molar-refractivity contribution >= 4 is 15.9 Å². The molecule has 0 spiro atoms. The van der Waals surface area contributed by atoms with Crippen LogP contribution < -0.4 is 5.32 Å². The molecule has 0 aliphatic carbocycles. The van der Waals surface area contributed by atoms with Gasteiger partial charge in [-0.1, -0.05) is 30.3 Å². The minimum absolute atomic E-state index is 0.0655. The molecule has 1 aromatic carbocycles. The van der Waals surface area contributed by atoms with Gasteiger partial charge < -0.3 is 9.73 Å². The van der Waals surface area contributed by atoms with Gasteiger partial charge in [-0.25, -0.2) is 12.7 Å². The monoisotopic (exact) mass is 376 g/mol. The van der Waals surface area contributed by atoms with Gasteiger partial charge in [0.2, 0.25) is 15.9 Å². The lowest BCUT2D eigenvalue weighted by atomic mass is 9.99. The van der Waals surface area contributed by atoms with Crippen LogP contribution in [-0.4, -0.2) is 37.5 Å². The molecule has 0 saturated carbocycles. The van der Waals surface area contributed by atoms with Gasteiger partial charge in [-0.15, -0.1) is 0 Å². The molecule has 1 aliphatic rings. The van der Waals surface area contributed by atoms with E-state index in [9.17, 15) is 13.2 Å². The maximum atomic E-state index is 12.4. The molecule has 2 heterocycles. The van der Waals surface area contributed by atoms with Gasteiger partial charge in [0.15, 0.2) is 0 Å². The molecule has 1 aromatic heterocycles. The lowest BCUT2D eigenvalue weighted by molar-refractivity contribution is -0.126. The first kappa shape index (κ1) is 18.7. The molecule has 1 fully saturated rings. The number of sulfonamides is 1. The molecule has 0 radical (unpaired) electrons. The smallest absolute Gasteiger partial charge is 0.224 e. The summed E-state index contributed by atoms with van der Waals surface area (Å²) in [5.41, 5.74) is 0.984. The summed E-state index contributed by atoms with van der Waals surface area (Å²) in [5, 5.41) is 2.87. The lowest BCUT2D eigenvalue weighted by Crippen LogP contribution is -2.45. The Bertz CT molecular complexity index is 845. The molecule has 3 rings (SSSR count). The summed E-state index contributed by atoms with van der Waals surface area (Å²) in [6, 6.07) is 13.5. The Morgan fingerprint density at radius 2 is 2.00 bits per heavy atom. The summed E-state index contributed by atoms with van der Waals surface area (Å²) in [6.45, 7) is 2.68. The van der Waals surface area contributed by atoms with Crippen LogP contribution >= 0.6 is 0 Å². The van der Waals surface area contributed by atoms with Crippen molar-refractivity contribution in [1.82, 2.24) is 9.62 Å². The van der Waals surface area contributed by atoms with Crippen LogP contribution in [0.15, 0.2) is 46.9 Å². The van der Waals surface area contributed by atoms with E-state index in [1.54, 1.807) is 6.92 Å². The summed E-state index contributed by atoms with van der Waals surface area (Å²) < 4.78 is 31.2. The average Bonchev–Trinajstić information content (AvgIpc) is 3.16. The summed E-state index contributed by atoms with van der Waals surface area (Å²) >= 11 is 0. The number of carbonyl (C=O) groups is 1. The van der Waals surface area contributed by atoms with E-state index in [1.807, 2.05) is 42.5 Å². The Kier molecular flexibility index (Phi) is 5.78. The molecule has 1 aliphatic heterocycles. The van der Waals surface area contributed by atoms with E-state index in [4.69, 9.17) is 4.42 Å². The fourth-order valence-electron chi connectivity index (χ4n) is 3.14. The molecule has 1 amide bonds. The molecule has 2 aromatic rings. The number of rotatable bonds is 6. The first-order valence-corrected chi connectivity index (χ1v) is 10.5. The van der Waals surface area contributed by atoms with Crippen LogP contribution in [0.2, 0.25) is 0 Å². The SMILES string of the molecule is CCS(=O)(=O)N1CCC[C@@H](C(=O)NCc2ccc(-c3ccccc3)o2)C1. The number of hydrogen-bond acceptors (Lipinski definition) is 4. The molecule has 26 heavy (non-hydrogen) atoms. The molecular formula is C19H24N2O4S. The highest BCUT2D eigenvalue weighted by Crippen LogP contribution is 2.22. The predicted molar refractivity (Wildman–Crippen MR) is 99.7 cm³/mol. The third kappa shape index (κ3) is 4.34. The maximum Gasteiger partial charge on any atom is 0.224 e. The summed E-state index contributed by atoms with van der Waals surface area (Å²) in [7, 11) is -3.25. The van der Waals surface area contributed by atoms with Crippen LogP contribution in [0.25, 0.3) is 11.3 Å². The van der Waals surface area contributed by atoms with Gasteiger partial charge in [-0.05, 0) is 31.9 Å². The van der Waals surface area contributed by atoms with Gasteiger partial charge in [0.1, 0.15) is 11.5 Å². The number of benzene rings is 1. The maximum absolute atomic E-state index is 12.4. The Morgan fingerprint density at radius 1 is 1.23 bits per heavy atom. The first-order chi connectivity index (χ1) is 12.5. The van der Waals surface area contributed by atoms with Crippen LogP contribution in [0.3, 0.4) is 0 Å². The zero-order valence-corrected chi connectivity index (χ0v) is 15.7. The topological polar surface area (TPSA) is 79.6 Å². The minimum Gasteiger partial charge on any atom is -0.459 e. The first-order valence-electron chi connectivity index (χ1n) is 8.89. The predicted octanol–water partition coefficient (Wildman–Crippen LogP) is 2.62. The van der Waals surface area contributed by atoms with Crippen LogP contribution in [0.5, 0.6) is 0 Å². The Morgan fingerprint density at radius 3 is 2.73 bits per heavy atom. The van der Waals surface area contributed by atoms with Gasteiger partial charge in [0.05, 0.1) is 18.2 Å². The van der Waals surface area contributed by atoms with Crippen molar-refractivity contribution in [2.24, 2.45) is 5.92 Å². The van der Waals surface area contributed by atoms with Gasteiger partial charge in [0, 0.05) is 18.7 Å². The number of carbonyl (C=O) groups excluding carboxylic acids is 1. The second-order valence-electron chi connectivity index (χ2n) is 6.45. The number of hydrogen-bond donors (Lipinski definition) is 1. The Hall–Kier alpha value is -2.12. The highest BCUT2D eigenvalue weighted by atomic mass is 32.2. The highest BCUT2D eigenvalue weighted by molar-refractivity contribution is 7.89. The summed E-state index contributed by atoms with van der Waals surface area (Å²) in [6.07, 6.45) is 1.41. The van der Waals surface area contributed by atoms with Crippen molar-refractivity contribution < 1.29 is 17.6 Å². The molecule has 0 unspecified atom stereocenters. The van der Waals surface area contributed by atoms with Crippen molar-refractivity contribution in [1.29, 1.82) is 0 Å². The van der Waals surface area contributed by atoms with Crippen molar-refractivity contribution in [2.45, 2.75) is 26.3 Å². The third-order valence-corrected chi connectivity index (χ3v) is 6.52. The molecule has 0 bridgehead atoms. The van der Waals surface area contributed by atoms with Gasteiger partial charge in [0.25, 0.3) is 0 Å². The zero-order chi connectivity index (χ0) is 18.6. The van der Waals surface area contributed by atoms with Gasteiger partial charge in [-0.2, -0.15) is 0 Å². The highest BCUT2D eigenvalue weighted by Gasteiger charge is 2.31. The third-order valence-electron chi connectivity index (χ3n) is 4.67. The number of nitrogens with zero attached hydrogens (tertiary/aromatic N) is 1. The molecule has 6 nitrogen and oxygen atoms in total. The van der Waals surface area contributed by atoms with Crippen molar-refractivity contribution in [3.8, 4) is 11.3 Å². The number of furan rings is 1. The molecule has 7 heteroatoms.